The highest BCUT2D eigenvalue weighted by Gasteiger charge is 2.20. The number of thioether (sulfide) groups is 1. The van der Waals surface area contributed by atoms with Crippen LogP contribution in [0.15, 0.2) is 35.5 Å². The van der Waals surface area contributed by atoms with Crippen LogP contribution < -0.4 is 0 Å². The van der Waals surface area contributed by atoms with E-state index >= 15 is 0 Å². The van der Waals surface area contributed by atoms with Crippen LogP contribution in [0.25, 0.3) is 0 Å². The minimum absolute atomic E-state index is 0.0126. The van der Waals surface area contributed by atoms with Crippen LogP contribution in [0, 0.1) is 5.92 Å². The molecule has 1 atom stereocenters. The molecule has 1 heterocycles. The summed E-state index contributed by atoms with van der Waals surface area (Å²) in [5, 5.41) is 18.0. The van der Waals surface area contributed by atoms with Crippen molar-refractivity contribution >= 4 is 17.7 Å². The summed E-state index contributed by atoms with van der Waals surface area (Å²) >= 11 is 1.22. The van der Waals surface area contributed by atoms with E-state index in [0.717, 1.165) is 17.8 Å². The van der Waals surface area contributed by atoms with Gasteiger partial charge in [0.2, 0.25) is 0 Å². The molecule has 0 aliphatic carbocycles. The molecule has 0 fully saturated rings. The van der Waals surface area contributed by atoms with Crippen molar-refractivity contribution in [2.75, 3.05) is 5.75 Å². The summed E-state index contributed by atoms with van der Waals surface area (Å²) in [6.45, 7) is 6.36. The van der Waals surface area contributed by atoms with Crippen LogP contribution in [-0.2, 0) is 11.2 Å². The molecule has 1 N–H and O–H groups in total. The fourth-order valence-electron chi connectivity index (χ4n) is 2.31. The van der Waals surface area contributed by atoms with Gasteiger partial charge in [0.1, 0.15) is 5.82 Å². The van der Waals surface area contributed by atoms with Gasteiger partial charge in [0.15, 0.2) is 5.16 Å². The summed E-state index contributed by atoms with van der Waals surface area (Å²) in [5.41, 5.74) is 1.16. The molecule has 0 saturated carbocycles. The average Bonchev–Trinajstić information content (AvgIpc) is 2.87. The zero-order valence-electron chi connectivity index (χ0n) is 13.1. The number of nitrogens with zero attached hydrogens (tertiary/aromatic N) is 3. The number of aliphatic carboxylic acids is 1. The number of hydrogen-bond acceptors (Lipinski definition) is 4. The zero-order valence-corrected chi connectivity index (χ0v) is 13.9. The van der Waals surface area contributed by atoms with E-state index in [1.807, 2.05) is 18.2 Å². The minimum atomic E-state index is -0.850. The molecule has 0 aliphatic rings. The Morgan fingerprint density at radius 3 is 2.50 bits per heavy atom. The van der Waals surface area contributed by atoms with E-state index < -0.39 is 5.97 Å². The summed E-state index contributed by atoms with van der Waals surface area (Å²) < 4.78 is 2.06. The molecule has 0 amide bonds. The Morgan fingerprint density at radius 1 is 1.23 bits per heavy atom. The summed E-state index contributed by atoms with van der Waals surface area (Å²) in [6, 6.07) is 10.2. The van der Waals surface area contributed by atoms with E-state index in [2.05, 4.69) is 47.7 Å². The highest BCUT2D eigenvalue weighted by molar-refractivity contribution is 7.99. The van der Waals surface area contributed by atoms with Crippen molar-refractivity contribution in [2.24, 2.45) is 5.92 Å². The summed E-state index contributed by atoms with van der Waals surface area (Å²) in [5.74, 6) is 0.501. The van der Waals surface area contributed by atoms with Crippen molar-refractivity contribution < 1.29 is 9.90 Å². The molecule has 0 spiro atoms. The Morgan fingerprint density at radius 2 is 1.91 bits per heavy atom. The topological polar surface area (TPSA) is 68.0 Å². The summed E-state index contributed by atoms with van der Waals surface area (Å²) in [4.78, 5) is 10.8. The highest BCUT2D eigenvalue weighted by atomic mass is 32.2. The number of carbonyl (C=O) groups is 1. The lowest BCUT2D eigenvalue weighted by Crippen LogP contribution is -2.14. The Labute approximate surface area is 134 Å². The first-order chi connectivity index (χ1) is 10.5. The van der Waals surface area contributed by atoms with Crippen LogP contribution in [0.5, 0.6) is 0 Å². The van der Waals surface area contributed by atoms with Crippen LogP contribution >= 0.6 is 11.8 Å². The molecule has 0 radical (unpaired) electrons. The van der Waals surface area contributed by atoms with Gasteiger partial charge in [-0.3, -0.25) is 9.36 Å². The van der Waals surface area contributed by atoms with Crippen LogP contribution in [-0.4, -0.2) is 31.6 Å². The second-order valence-electron chi connectivity index (χ2n) is 5.64. The normalized spacial score (nSPS) is 12.5. The molecule has 0 aliphatic heterocycles. The lowest BCUT2D eigenvalue weighted by molar-refractivity contribution is -0.133. The van der Waals surface area contributed by atoms with Gasteiger partial charge in [0.05, 0.1) is 11.8 Å². The molecular weight excluding hydrogens is 298 g/mol. The van der Waals surface area contributed by atoms with Gasteiger partial charge in [0, 0.05) is 6.42 Å². The molecule has 1 aromatic carbocycles. The first kappa shape index (κ1) is 16.5. The molecular formula is C16H21N3O2S. The second-order valence-corrected chi connectivity index (χ2v) is 6.58. The molecule has 2 rings (SSSR count). The Hall–Kier alpha value is -1.82. The Bertz CT molecular complexity index is 626. The number of aromatic nitrogens is 3. The van der Waals surface area contributed by atoms with Crippen LogP contribution in [0.1, 0.15) is 38.2 Å². The van der Waals surface area contributed by atoms with Gasteiger partial charge in [-0.1, -0.05) is 55.9 Å². The molecule has 6 heteroatoms. The van der Waals surface area contributed by atoms with Crippen molar-refractivity contribution in [1.82, 2.24) is 14.8 Å². The van der Waals surface area contributed by atoms with Crippen LogP contribution in [0.3, 0.4) is 0 Å². The third-order valence-corrected chi connectivity index (χ3v) is 4.25. The van der Waals surface area contributed by atoms with Gasteiger partial charge in [-0.25, -0.2) is 0 Å². The quantitative estimate of drug-likeness (QED) is 0.793. The number of carboxylic acid groups (broad SMARTS) is 1. The fraction of sp³-hybridized carbons (Fsp3) is 0.438. The summed E-state index contributed by atoms with van der Waals surface area (Å²) in [7, 11) is 0. The third-order valence-electron chi connectivity index (χ3n) is 3.32. The van der Waals surface area contributed by atoms with E-state index in [0.29, 0.717) is 11.1 Å². The van der Waals surface area contributed by atoms with E-state index in [-0.39, 0.29) is 11.8 Å². The average molecular weight is 319 g/mol. The van der Waals surface area contributed by atoms with Crippen molar-refractivity contribution in [3.8, 4) is 0 Å². The van der Waals surface area contributed by atoms with E-state index in [1.165, 1.54) is 11.8 Å². The van der Waals surface area contributed by atoms with E-state index in [4.69, 9.17) is 5.11 Å². The van der Waals surface area contributed by atoms with Crippen LogP contribution in [0.2, 0.25) is 0 Å². The second kappa shape index (κ2) is 7.45. The molecule has 5 nitrogen and oxygen atoms in total. The standard InChI is InChI=1S/C16H21N3O2S/c1-11(2)9-14-17-18-16(22-10-15(20)21)19(14)12(3)13-7-5-4-6-8-13/h4-8,11-12H,9-10H2,1-3H3,(H,20,21)/t12-/m1/s1. The minimum Gasteiger partial charge on any atom is -0.481 e. The molecule has 2 aromatic rings. The fourth-order valence-corrected chi connectivity index (χ4v) is 3.06. The maximum Gasteiger partial charge on any atom is 0.313 e. The lowest BCUT2D eigenvalue weighted by atomic mass is 10.1. The molecule has 0 bridgehead atoms. The predicted molar refractivity (Wildman–Crippen MR) is 87.2 cm³/mol. The monoisotopic (exact) mass is 319 g/mol. The maximum absolute atomic E-state index is 10.8. The van der Waals surface area contributed by atoms with Gasteiger partial charge < -0.3 is 5.11 Å². The Kier molecular flexibility index (Phi) is 5.60. The number of rotatable bonds is 7. The van der Waals surface area contributed by atoms with Gasteiger partial charge in [-0.2, -0.15) is 0 Å². The van der Waals surface area contributed by atoms with Gasteiger partial charge in [0.25, 0.3) is 0 Å². The lowest BCUT2D eigenvalue weighted by Gasteiger charge is -2.19. The van der Waals surface area contributed by atoms with Crippen LogP contribution in [0.4, 0.5) is 0 Å². The number of carboxylic acids is 1. The van der Waals surface area contributed by atoms with Crippen molar-refractivity contribution in [2.45, 2.75) is 38.4 Å². The van der Waals surface area contributed by atoms with E-state index in [1.54, 1.807) is 0 Å². The first-order valence-corrected chi connectivity index (χ1v) is 8.31. The predicted octanol–water partition coefficient (Wildman–Crippen LogP) is 3.26. The van der Waals surface area contributed by atoms with Gasteiger partial charge in [-0.05, 0) is 18.4 Å². The smallest absolute Gasteiger partial charge is 0.313 e. The largest absolute Gasteiger partial charge is 0.481 e. The Balaban J connectivity index is 2.35. The number of benzene rings is 1. The first-order valence-electron chi connectivity index (χ1n) is 7.32. The highest BCUT2D eigenvalue weighted by Crippen LogP contribution is 2.27. The number of hydrogen-bond donors (Lipinski definition) is 1. The van der Waals surface area contributed by atoms with Gasteiger partial charge in [-0.15, -0.1) is 10.2 Å². The zero-order chi connectivity index (χ0) is 16.1. The third kappa shape index (κ3) is 4.10. The molecule has 22 heavy (non-hydrogen) atoms. The molecule has 1 aromatic heterocycles. The van der Waals surface area contributed by atoms with E-state index in [9.17, 15) is 4.79 Å². The summed E-state index contributed by atoms with van der Waals surface area (Å²) in [6.07, 6.45) is 0.817. The van der Waals surface area contributed by atoms with Crippen molar-refractivity contribution in [3.05, 3.63) is 41.7 Å². The van der Waals surface area contributed by atoms with Gasteiger partial charge >= 0.3 is 5.97 Å². The molecule has 0 unspecified atom stereocenters. The maximum atomic E-state index is 10.8. The van der Waals surface area contributed by atoms with Crippen molar-refractivity contribution in [3.63, 3.8) is 0 Å². The van der Waals surface area contributed by atoms with Crippen molar-refractivity contribution in [1.29, 1.82) is 0 Å². The molecule has 0 saturated heterocycles. The SMILES string of the molecule is CC(C)Cc1nnc(SCC(=O)O)n1[C@H](C)c1ccccc1. The molecule has 118 valence electrons.